The number of urea groups is 1. The van der Waals surface area contributed by atoms with E-state index in [0.29, 0.717) is 43.9 Å². The van der Waals surface area contributed by atoms with Gasteiger partial charge >= 0.3 is 6.03 Å². The van der Waals surface area contributed by atoms with E-state index in [2.05, 4.69) is 17.2 Å². The van der Waals surface area contributed by atoms with Gasteiger partial charge in [0.15, 0.2) is 0 Å². The summed E-state index contributed by atoms with van der Waals surface area (Å²) in [5.74, 6) is -0.903. The number of nitrogens with one attached hydrogen (secondary N) is 2. The number of imide groups is 1. The van der Waals surface area contributed by atoms with Gasteiger partial charge in [-0.3, -0.25) is 19.3 Å². The van der Waals surface area contributed by atoms with Crippen LogP contribution in [0, 0.1) is 11.8 Å². The third kappa shape index (κ3) is 6.22. The van der Waals surface area contributed by atoms with Gasteiger partial charge in [-0.15, -0.1) is 6.58 Å². The molecule has 2 aromatic carbocycles. The number of nitrogens with zero attached hydrogens (tertiary/aromatic N) is 2. The maximum atomic E-state index is 13.4. The first-order chi connectivity index (χ1) is 18.4. The van der Waals surface area contributed by atoms with Crippen LogP contribution in [-0.2, 0) is 20.9 Å². The molecule has 1 saturated carbocycles. The lowest BCUT2D eigenvalue weighted by molar-refractivity contribution is -0.144. The highest BCUT2D eigenvalue weighted by Crippen LogP contribution is 2.37. The molecule has 200 valence electrons. The van der Waals surface area contributed by atoms with Crippen LogP contribution in [0.4, 0.5) is 10.5 Å². The second-order valence-electron chi connectivity index (χ2n) is 9.54. The number of ether oxygens (including phenoxy) is 1. The van der Waals surface area contributed by atoms with Crippen molar-refractivity contribution in [2.75, 3.05) is 25.0 Å². The van der Waals surface area contributed by atoms with Crippen molar-refractivity contribution in [2.45, 2.75) is 38.8 Å². The van der Waals surface area contributed by atoms with E-state index < -0.39 is 18.0 Å². The average molecular weight is 519 g/mol. The number of rotatable bonds is 10. The fourth-order valence-electron chi connectivity index (χ4n) is 5.18. The van der Waals surface area contributed by atoms with Crippen LogP contribution in [0.2, 0.25) is 0 Å². The molecule has 2 aromatic rings. The van der Waals surface area contributed by atoms with E-state index in [4.69, 9.17) is 4.74 Å². The summed E-state index contributed by atoms with van der Waals surface area (Å²) < 4.78 is 5.43. The van der Waals surface area contributed by atoms with Gasteiger partial charge in [0, 0.05) is 30.7 Å². The lowest BCUT2D eigenvalue weighted by Crippen LogP contribution is -2.64. The van der Waals surface area contributed by atoms with Crippen molar-refractivity contribution in [1.82, 2.24) is 15.1 Å². The first kappa shape index (κ1) is 26.9. The van der Waals surface area contributed by atoms with E-state index in [1.807, 2.05) is 37.3 Å². The molecule has 2 aliphatic rings. The molecule has 4 rings (SSSR count). The van der Waals surface area contributed by atoms with E-state index in [1.54, 1.807) is 24.3 Å². The van der Waals surface area contributed by atoms with Crippen molar-refractivity contribution in [3.8, 4) is 5.75 Å². The summed E-state index contributed by atoms with van der Waals surface area (Å²) in [5.41, 5.74) is 1.56. The summed E-state index contributed by atoms with van der Waals surface area (Å²) in [4.78, 5) is 55.1. The van der Waals surface area contributed by atoms with Gasteiger partial charge in [0.05, 0.1) is 12.5 Å². The zero-order chi connectivity index (χ0) is 27.1. The Morgan fingerprint density at radius 1 is 1.08 bits per heavy atom. The summed E-state index contributed by atoms with van der Waals surface area (Å²) >= 11 is 0. The van der Waals surface area contributed by atoms with Crippen LogP contribution in [0.3, 0.4) is 0 Å². The van der Waals surface area contributed by atoms with Crippen molar-refractivity contribution in [1.29, 1.82) is 0 Å². The molecule has 0 aromatic heterocycles. The highest BCUT2D eigenvalue weighted by Gasteiger charge is 2.49. The summed E-state index contributed by atoms with van der Waals surface area (Å²) in [6.45, 7) is 6.34. The number of hydrogen-bond acceptors (Lipinski definition) is 5. The first-order valence-electron chi connectivity index (χ1n) is 13.0. The van der Waals surface area contributed by atoms with Crippen molar-refractivity contribution >= 4 is 29.4 Å². The van der Waals surface area contributed by atoms with Crippen LogP contribution in [-0.4, -0.2) is 59.3 Å². The molecule has 3 unspecified atom stereocenters. The minimum atomic E-state index is -0.539. The van der Waals surface area contributed by atoms with Gasteiger partial charge in [0.25, 0.3) is 0 Å². The summed E-state index contributed by atoms with van der Waals surface area (Å²) in [7, 11) is 0. The molecule has 1 aliphatic heterocycles. The Bertz CT molecular complexity index is 1170. The number of carbonyl (C=O) groups excluding carboxylic acids is 4. The minimum absolute atomic E-state index is 0.0683. The molecule has 2 N–H and O–H groups in total. The quantitative estimate of drug-likeness (QED) is 0.468. The number of amides is 5. The molecule has 2 fully saturated rings. The number of hydrogen-bond donors (Lipinski definition) is 2. The zero-order valence-electron chi connectivity index (χ0n) is 21.6. The van der Waals surface area contributed by atoms with E-state index in [0.717, 1.165) is 10.5 Å². The SMILES string of the molecule is C=CCN1C(=O)C2CCC(C(=O)NCc3ccccc3)CC2N(CC(=O)Nc2ccc(OCC)cc2)C1=O. The van der Waals surface area contributed by atoms with Gasteiger partial charge in [-0.05, 0) is 56.0 Å². The predicted octanol–water partition coefficient (Wildman–Crippen LogP) is 3.58. The summed E-state index contributed by atoms with van der Waals surface area (Å²) in [6, 6.07) is 15.5. The zero-order valence-corrected chi connectivity index (χ0v) is 21.6. The van der Waals surface area contributed by atoms with Crippen LogP contribution in [0.25, 0.3) is 0 Å². The highest BCUT2D eigenvalue weighted by atomic mass is 16.5. The third-order valence-electron chi connectivity index (χ3n) is 7.03. The maximum absolute atomic E-state index is 13.4. The maximum Gasteiger partial charge on any atom is 0.327 e. The molecule has 0 spiro atoms. The van der Waals surface area contributed by atoms with Gasteiger partial charge < -0.3 is 20.3 Å². The molecular weight excluding hydrogens is 484 g/mol. The van der Waals surface area contributed by atoms with Gasteiger partial charge in [0.2, 0.25) is 17.7 Å². The second kappa shape index (κ2) is 12.4. The molecule has 3 atom stereocenters. The van der Waals surface area contributed by atoms with Crippen molar-refractivity contribution in [3.05, 3.63) is 72.8 Å². The van der Waals surface area contributed by atoms with Crippen LogP contribution in [0.15, 0.2) is 67.3 Å². The molecule has 5 amide bonds. The molecule has 0 radical (unpaired) electrons. The van der Waals surface area contributed by atoms with Crippen LogP contribution in [0.5, 0.6) is 5.75 Å². The van der Waals surface area contributed by atoms with Crippen LogP contribution < -0.4 is 15.4 Å². The number of benzene rings is 2. The average Bonchev–Trinajstić information content (AvgIpc) is 2.93. The Kier molecular flexibility index (Phi) is 8.78. The number of carbonyl (C=O) groups is 4. The smallest absolute Gasteiger partial charge is 0.327 e. The minimum Gasteiger partial charge on any atom is -0.494 e. The Hall–Kier alpha value is -4.14. The topological polar surface area (TPSA) is 108 Å². The fourth-order valence-corrected chi connectivity index (χ4v) is 5.18. The molecule has 1 saturated heterocycles. The van der Waals surface area contributed by atoms with Gasteiger partial charge in [-0.25, -0.2) is 4.79 Å². The van der Waals surface area contributed by atoms with Crippen molar-refractivity contribution < 1.29 is 23.9 Å². The lowest BCUT2D eigenvalue weighted by atomic mass is 9.75. The molecule has 1 heterocycles. The predicted molar refractivity (Wildman–Crippen MR) is 143 cm³/mol. The molecule has 9 nitrogen and oxygen atoms in total. The van der Waals surface area contributed by atoms with Crippen molar-refractivity contribution in [3.63, 3.8) is 0 Å². The Labute approximate surface area is 222 Å². The third-order valence-corrected chi connectivity index (χ3v) is 7.03. The normalized spacial score (nSPS) is 20.9. The van der Waals surface area contributed by atoms with Crippen LogP contribution in [0.1, 0.15) is 31.7 Å². The van der Waals surface area contributed by atoms with Crippen molar-refractivity contribution in [2.24, 2.45) is 11.8 Å². The van der Waals surface area contributed by atoms with Gasteiger partial charge in [-0.2, -0.15) is 0 Å². The summed E-state index contributed by atoms with van der Waals surface area (Å²) in [6.07, 6.45) is 2.82. The monoisotopic (exact) mass is 518 g/mol. The Morgan fingerprint density at radius 2 is 1.82 bits per heavy atom. The van der Waals surface area contributed by atoms with E-state index in [9.17, 15) is 19.2 Å². The first-order valence-corrected chi connectivity index (χ1v) is 13.0. The lowest BCUT2D eigenvalue weighted by Gasteiger charge is -2.47. The molecule has 38 heavy (non-hydrogen) atoms. The van der Waals surface area contributed by atoms with Gasteiger partial charge in [0.1, 0.15) is 12.3 Å². The number of anilines is 1. The summed E-state index contributed by atoms with van der Waals surface area (Å²) in [5, 5.41) is 5.79. The number of fused-ring (bicyclic) bond motifs is 1. The molecule has 0 bridgehead atoms. The molecular formula is C29H34N4O5. The van der Waals surface area contributed by atoms with E-state index in [-0.39, 0.29) is 36.7 Å². The van der Waals surface area contributed by atoms with E-state index >= 15 is 0 Å². The Balaban J connectivity index is 1.46. The van der Waals surface area contributed by atoms with E-state index in [1.165, 1.54) is 11.0 Å². The molecule has 1 aliphatic carbocycles. The standard InChI is InChI=1S/C29H34N4O5/c1-3-16-32-28(36)24-15-10-21(27(35)30-18-20-8-6-5-7-9-20)17-25(24)33(29(32)37)19-26(34)31-22-11-13-23(14-12-22)38-4-2/h3,5-9,11-14,21,24-25H,1,4,10,15-19H2,2H3,(H,30,35)(H,31,34). The Morgan fingerprint density at radius 3 is 2.50 bits per heavy atom. The highest BCUT2D eigenvalue weighted by molar-refractivity contribution is 6.02. The fraction of sp³-hybridized carbons (Fsp3) is 0.379. The largest absolute Gasteiger partial charge is 0.494 e. The van der Waals surface area contributed by atoms with Crippen LogP contribution >= 0.6 is 0 Å². The van der Waals surface area contributed by atoms with Gasteiger partial charge in [-0.1, -0.05) is 36.4 Å². The second-order valence-corrected chi connectivity index (χ2v) is 9.54. The molecule has 9 heteroatoms.